The maximum Gasteiger partial charge on any atom is 0.253 e. The Bertz CT molecular complexity index is 844. The molecule has 3 aromatic rings. The van der Waals surface area contributed by atoms with Crippen molar-refractivity contribution in [3.05, 3.63) is 53.0 Å². The lowest BCUT2D eigenvalue weighted by Crippen LogP contribution is -1.92. The molecule has 0 aliphatic rings. The molecule has 0 aliphatic carbocycles. The third-order valence-corrected chi connectivity index (χ3v) is 3.55. The van der Waals surface area contributed by atoms with Crippen LogP contribution in [0.15, 0.2) is 41.1 Å². The quantitative estimate of drug-likeness (QED) is 0.673. The van der Waals surface area contributed by atoms with E-state index in [0.717, 1.165) is 11.1 Å². The van der Waals surface area contributed by atoms with Gasteiger partial charge in [0, 0.05) is 24.2 Å². The van der Waals surface area contributed by atoms with E-state index in [1.807, 2.05) is 12.1 Å². The lowest BCUT2D eigenvalue weighted by molar-refractivity contribution is 0.108. The van der Waals surface area contributed by atoms with E-state index in [4.69, 9.17) is 27.7 Å². The number of carbonyl (C=O) groups excluding carboxylic acids is 1. The van der Waals surface area contributed by atoms with E-state index in [-0.39, 0.29) is 0 Å². The van der Waals surface area contributed by atoms with E-state index < -0.39 is 5.24 Å². The Balaban J connectivity index is 1.96. The van der Waals surface area contributed by atoms with Crippen LogP contribution in [0.3, 0.4) is 0 Å². The zero-order valence-corrected chi connectivity index (χ0v) is 12.9. The van der Waals surface area contributed by atoms with Crippen LogP contribution in [-0.2, 0) is 0 Å². The highest BCUT2D eigenvalue weighted by Gasteiger charge is 2.11. The summed E-state index contributed by atoms with van der Waals surface area (Å²) in [5.74, 6) is 0.959. The van der Waals surface area contributed by atoms with Crippen LogP contribution < -0.4 is 0 Å². The van der Waals surface area contributed by atoms with E-state index in [1.54, 1.807) is 25.1 Å². The van der Waals surface area contributed by atoms with Crippen LogP contribution in [0.25, 0.3) is 22.6 Å². The standard InChI is InChI=1S/C15H9Cl2N3O2/c1-8-19-15(20-22-8)9-2-4-11(12(16)6-9)13-5-3-10(7-18-13)14(17)21/h2-7H,1H3. The Morgan fingerprint density at radius 3 is 2.59 bits per heavy atom. The number of benzene rings is 1. The molecule has 0 spiro atoms. The van der Waals surface area contributed by atoms with E-state index in [2.05, 4.69) is 15.1 Å². The van der Waals surface area contributed by atoms with Crippen molar-refractivity contribution in [2.24, 2.45) is 0 Å². The zero-order chi connectivity index (χ0) is 15.7. The van der Waals surface area contributed by atoms with Crippen LogP contribution in [0.2, 0.25) is 5.02 Å². The Morgan fingerprint density at radius 1 is 1.23 bits per heavy atom. The molecule has 0 saturated carbocycles. The first-order valence-electron chi connectivity index (χ1n) is 6.31. The van der Waals surface area contributed by atoms with Crippen LogP contribution in [-0.4, -0.2) is 20.4 Å². The number of nitrogens with zero attached hydrogens (tertiary/aromatic N) is 3. The number of hydrogen-bond acceptors (Lipinski definition) is 5. The van der Waals surface area contributed by atoms with E-state index in [0.29, 0.717) is 28.0 Å². The number of pyridine rings is 1. The number of hydrogen-bond donors (Lipinski definition) is 0. The molecule has 110 valence electrons. The molecular weight excluding hydrogens is 325 g/mol. The molecule has 2 aromatic heterocycles. The molecule has 3 rings (SSSR count). The molecule has 0 unspecified atom stereocenters. The summed E-state index contributed by atoms with van der Waals surface area (Å²) < 4.78 is 4.95. The number of aryl methyl sites for hydroxylation is 1. The van der Waals surface area contributed by atoms with Gasteiger partial charge in [-0.1, -0.05) is 28.9 Å². The fourth-order valence-corrected chi connectivity index (χ4v) is 2.34. The van der Waals surface area contributed by atoms with Crippen molar-refractivity contribution in [1.82, 2.24) is 15.1 Å². The summed E-state index contributed by atoms with van der Waals surface area (Å²) in [6, 6.07) is 8.67. The normalized spacial score (nSPS) is 10.7. The summed E-state index contributed by atoms with van der Waals surface area (Å²) in [4.78, 5) is 19.4. The van der Waals surface area contributed by atoms with Crippen molar-refractivity contribution in [2.45, 2.75) is 6.92 Å². The Labute approximate surface area is 135 Å². The molecule has 7 heteroatoms. The second-order valence-electron chi connectivity index (χ2n) is 4.54. The Morgan fingerprint density at radius 2 is 2.05 bits per heavy atom. The van der Waals surface area contributed by atoms with Gasteiger partial charge in [-0.05, 0) is 29.8 Å². The predicted molar refractivity (Wildman–Crippen MR) is 82.9 cm³/mol. The molecular formula is C15H9Cl2N3O2. The molecule has 22 heavy (non-hydrogen) atoms. The van der Waals surface area contributed by atoms with Gasteiger partial charge in [-0.3, -0.25) is 9.78 Å². The highest BCUT2D eigenvalue weighted by Crippen LogP contribution is 2.30. The van der Waals surface area contributed by atoms with Crippen molar-refractivity contribution in [3.63, 3.8) is 0 Å². The smallest absolute Gasteiger partial charge is 0.253 e. The topological polar surface area (TPSA) is 68.9 Å². The number of halogens is 2. The Kier molecular flexibility index (Phi) is 3.92. The lowest BCUT2D eigenvalue weighted by Gasteiger charge is -2.05. The fourth-order valence-electron chi connectivity index (χ4n) is 1.95. The third kappa shape index (κ3) is 2.86. The van der Waals surface area contributed by atoms with E-state index >= 15 is 0 Å². The van der Waals surface area contributed by atoms with Crippen LogP contribution >= 0.6 is 23.2 Å². The first-order chi connectivity index (χ1) is 10.5. The van der Waals surface area contributed by atoms with Gasteiger partial charge in [0.05, 0.1) is 16.3 Å². The molecule has 0 aliphatic heterocycles. The molecule has 0 N–H and O–H groups in total. The SMILES string of the molecule is Cc1nc(-c2ccc(-c3ccc(C(=O)Cl)cn3)c(Cl)c2)no1. The van der Waals surface area contributed by atoms with Crippen LogP contribution in [0.5, 0.6) is 0 Å². The first kappa shape index (κ1) is 14.7. The van der Waals surface area contributed by atoms with Gasteiger partial charge in [0.25, 0.3) is 5.24 Å². The highest BCUT2D eigenvalue weighted by molar-refractivity contribution is 6.67. The monoisotopic (exact) mass is 333 g/mol. The van der Waals surface area contributed by atoms with Gasteiger partial charge in [0.1, 0.15) is 0 Å². The molecule has 5 nitrogen and oxygen atoms in total. The van der Waals surface area contributed by atoms with Crippen LogP contribution in [0.1, 0.15) is 16.2 Å². The molecule has 0 radical (unpaired) electrons. The third-order valence-electron chi connectivity index (χ3n) is 3.02. The summed E-state index contributed by atoms with van der Waals surface area (Å²) in [5.41, 5.74) is 2.46. The van der Waals surface area contributed by atoms with Crippen molar-refractivity contribution >= 4 is 28.4 Å². The van der Waals surface area contributed by atoms with E-state index in [1.165, 1.54) is 6.20 Å². The van der Waals surface area contributed by atoms with Crippen molar-refractivity contribution in [1.29, 1.82) is 0 Å². The predicted octanol–water partition coefficient (Wildman–Crippen LogP) is 4.14. The van der Waals surface area contributed by atoms with Crippen molar-refractivity contribution < 1.29 is 9.32 Å². The minimum Gasteiger partial charge on any atom is -0.339 e. The second-order valence-corrected chi connectivity index (χ2v) is 5.29. The van der Waals surface area contributed by atoms with Gasteiger partial charge in [-0.2, -0.15) is 4.98 Å². The molecule has 0 fully saturated rings. The molecule has 0 atom stereocenters. The lowest BCUT2D eigenvalue weighted by atomic mass is 10.1. The fraction of sp³-hybridized carbons (Fsp3) is 0.0667. The molecule has 2 heterocycles. The molecule has 0 bridgehead atoms. The van der Waals surface area contributed by atoms with Gasteiger partial charge >= 0.3 is 0 Å². The summed E-state index contributed by atoms with van der Waals surface area (Å²) in [5, 5.41) is 3.80. The summed E-state index contributed by atoms with van der Waals surface area (Å²) >= 11 is 11.7. The highest BCUT2D eigenvalue weighted by atomic mass is 35.5. The number of rotatable bonds is 3. The minimum atomic E-state index is -0.548. The number of aromatic nitrogens is 3. The maximum atomic E-state index is 11.0. The minimum absolute atomic E-state index is 0.334. The van der Waals surface area contributed by atoms with Gasteiger partial charge in [-0.15, -0.1) is 0 Å². The summed E-state index contributed by atoms with van der Waals surface area (Å²) in [7, 11) is 0. The average Bonchev–Trinajstić information content (AvgIpc) is 2.94. The largest absolute Gasteiger partial charge is 0.339 e. The Hall–Kier alpha value is -2.24. The second kappa shape index (κ2) is 5.87. The zero-order valence-electron chi connectivity index (χ0n) is 11.4. The van der Waals surface area contributed by atoms with Gasteiger partial charge in [-0.25, -0.2) is 0 Å². The van der Waals surface area contributed by atoms with Gasteiger partial charge in [0.2, 0.25) is 11.7 Å². The average molecular weight is 334 g/mol. The van der Waals surface area contributed by atoms with Gasteiger partial charge < -0.3 is 4.52 Å². The molecule has 1 aromatic carbocycles. The molecule has 0 saturated heterocycles. The maximum absolute atomic E-state index is 11.0. The summed E-state index contributed by atoms with van der Waals surface area (Å²) in [6.07, 6.45) is 1.41. The molecule has 0 amide bonds. The summed E-state index contributed by atoms with van der Waals surface area (Å²) in [6.45, 7) is 1.72. The van der Waals surface area contributed by atoms with Crippen molar-refractivity contribution in [2.75, 3.05) is 0 Å². The van der Waals surface area contributed by atoms with Crippen LogP contribution in [0.4, 0.5) is 0 Å². The van der Waals surface area contributed by atoms with Crippen LogP contribution in [0, 0.1) is 6.92 Å². The van der Waals surface area contributed by atoms with E-state index in [9.17, 15) is 4.79 Å². The first-order valence-corrected chi connectivity index (χ1v) is 7.06. The number of carbonyl (C=O) groups is 1. The van der Waals surface area contributed by atoms with Gasteiger partial charge in [0.15, 0.2) is 0 Å². The van der Waals surface area contributed by atoms with Crippen molar-refractivity contribution in [3.8, 4) is 22.6 Å².